The molecule has 3 aromatic carbocycles. The normalized spacial score (nSPS) is 12.8. The third-order valence-corrected chi connectivity index (χ3v) is 9.29. The molecule has 1 N–H and O–H groups in total. The van der Waals surface area contributed by atoms with Crippen LogP contribution in [-0.2, 0) is 26.2 Å². The van der Waals surface area contributed by atoms with Crippen LogP contribution in [0.25, 0.3) is 0 Å². The van der Waals surface area contributed by atoms with Gasteiger partial charge in [-0.2, -0.15) is 0 Å². The highest BCUT2D eigenvalue weighted by molar-refractivity contribution is 7.92. The monoisotopic (exact) mass is 619 g/mol. The molecule has 0 fully saturated rings. The van der Waals surface area contributed by atoms with Crippen LogP contribution in [-0.4, -0.2) is 50.9 Å². The minimum atomic E-state index is -4.21. The first-order valence-electron chi connectivity index (χ1n) is 13.1. The molecule has 2 atom stereocenters. The standard InChI is InChI=1S/C30H35Cl2N3O5S/c1-6-21(3)33-30(37)22(4)34(18-23-9-12-25(40-5)13-10-23)29(36)19-35(24-11-16-27(31)28(32)17-24)41(38,39)26-14-7-20(2)8-15-26/h7-17,21-22H,6,18-19H2,1-5H3,(H,33,37)/t21-,22+/m0/s1. The van der Waals surface area contributed by atoms with Crippen molar-refractivity contribution in [2.45, 2.75) is 57.6 Å². The number of nitrogens with one attached hydrogen (secondary N) is 1. The van der Waals surface area contributed by atoms with Gasteiger partial charge < -0.3 is 15.0 Å². The topological polar surface area (TPSA) is 96.0 Å². The van der Waals surface area contributed by atoms with E-state index in [0.29, 0.717) is 12.2 Å². The molecule has 0 aliphatic carbocycles. The number of hydrogen-bond acceptors (Lipinski definition) is 5. The number of halogens is 2. The number of rotatable bonds is 12. The molecular weight excluding hydrogens is 585 g/mol. The Hall–Kier alpha value is -3.27. The lowest BCUT2D eigenvalue weighted by Gasteiger charge is -2.32. The van der Waals surface area contributed by atoms with E-state index in [-0.39, 0.29) is 39.1 Å². The number of hydrogen-bond donors (Lipinski definition) is 1. The van der Waals surface area contributed by atoms with Gasteiger partial charge in [0.15, 0.2) is 0 Å². The number of carbonyl (C=O) groups excluding carboxylic acids is 2. The number of anilines is 1. The summed E-state index contributed by atoms with van der Waals surface area (Å²) in [6.07, 6.45) is 0.713. The summed E-state index contributed by atoms with van der Waals surface area (Å²) in [7, 11) is -2.66. The highest BCUT2D eigenvalue weighted by Gasteiger charge is 2.33. The molecule has 0 saturated heterocycles. The Labute approximate surface area is 252 Å². The molecule has 41 heavy (non-hydrogen) atoms. The fourth-order valence-electron chi connectivity index (χ4n) is 3.98. The van der Waals surface area contributed by atoms with E-state index in [1.807, 2.05) is 20.8 Å². The average Bonchev–Trinajstić information content (AvgIpc) is 2.96. The Morgan fingerprint density at radius 2 is 1.59 bits per heavy atom. The van der Waals surface area contributed by atoms with Gasteiger partial charge in [0.2, 0.25) is 11.8 Å². The molecule has 11 heteroatoms. The number of ether oxygens (including phenoxy) is 1. The van der Waals surface area contributed by atoms with E-state index >= 15 is 0 Å². The molecule has 0 radical (unpaired) electrons. The molecule has 0 saturated carbocycles. The van der Waals surface area contributed by atoms with Crippen LogP contribution in [0, 0.1) is 6.92 Å². The second-order valence-electron chi connectivity index (χ2n) is 9.79. The Kier molecular flexibility index (Phi) is 11.1. The highest BCUT2D eigenvalue weighted by atomic mass is 35.5. The van der Waals surface area contributed by atoms with Crippen LogP contribution < -0.4 is 14.4 Å². The van der Waals surface area contributed by atoms with Gasteiger partial charge in [0.05, 0.1) is 27.7 Å². The van der Waals surface area contributed by atoms with Gasteiger partial charge >= 0.3 is 0 Å². The van der Waals surface area contributed by atoms with Crippen molar-refractivity contribution in [2.75, 3.05) is 18.0 Å². The quantitative estimate of drug-likeness (QED) is 0.275. The van der Waals surface area contributed by atoms with Gasteiger partial charge in [-0.1, -0.05) is 60.0 Å². The lowest BCUT2D eigenvalue weighted by Crippen LogP contribution is -2.52. The molecule has 3 rings (SSSR count). The summed E-state index contributed by atoms with van der Waals surface area (Å²) in [6.45, 7) is 6.78. The third kappa shape index (κ3) is 8.15. The van der Waals surface area contributed by atoms with Crippen LogP contribution in [0.2, 0.25) is 10.0 Å². The third-order valence-electron chi connectivity index (χ3n) is 6.76. The van der Waals surface area contributed by atoms with Gasteiger partial charge in [-0.15, -0.1) is 0 Å². The van der Waals surface area contributed by atoms with Crippen molar-refractivity contribution >= 4 is 50.7 Å². The first kappa shape index (κ1) is 32.2. The number of benzene rings is 3. The maximum absolute atomic E-state index is 14.0. The van der Waals surface area contributed by atoms with Crippen molar-refractivity contribution < 1.29 is 22.7 Å². The fraction of sp³-hybridized carbons (Fsp3) is 0.333. The summed E-state index contributed by atoms with van der Waals surface area (Å²) in [4.78, 5) is 28.5. The molecule has 0 spiro atoms. The molecule has 0 aliphatic heterocycles. The predicted molar refractivity (Wildman–Crippen MR) is 163 cm³/mol. The van der Waals surface area contributed by atoms with E-state index in [9.17, 15) is 18.0 Å². The van der Waals surface area contributed by atoms with Crippen molar-refractivity contribution in [1.82, 2.24) is 10.2 Å². The summed E-state index contributed by atoms with van der Waals surface area (Å²) >= 11 is 12.4. The Morgan fingerprint density at radius 3 is 2.15 bits per heavy atom. The molecule has 0 unspecified atom stereocenters. The van der Waals surface area contributed by atoms with Crippen LogP contribution in [0.1, 0.15) is 38.3 Å². The molecule has 0 heterocycles. The Bertz CT molecular complexity index is 1460. The van der Waals surface area contributed by atoms with Crippen molar-refractivity contribution in [3.05, 3.63) is 87.9 Å². The summed E-state index contributed by atoms with van der Waals surface area (Å²) in [5, 5.41) is 3.29. The van der Waals surface area contributed by atoms with Crippen molar-refractivity contribution in [1.29, 1.82) is 0 Å². The molecule has 0 aliphatic rings. The summed E-state index contributed by atoms with van der Waals surface area (Å²) < 4.78 is 34.0. The van der Waals surface area contributed by atoms with Crippen molar-refractivity contribution in [3.8, 4) is 5.75 Å². The molecular formula is C30H35Cl2N3O5S. The van der Waals surface area contributed by atoms with E-state index in [1.54, 1.807) is 50.4 Å². The Morgan fingerprint density at radius 1 is 0.951 bits per heavy atom. The Balaban J connectivity index is 2.04. The smallest absolute Gasteiger partial charge is 0.264 e. The largest absolute Gasteiger partial charge is 0.497 e. The average molecular weight is 621 g/mol. The van der Waals surface area contributed by atoms with E-state index < -0.39 is 28.5 Å². The van der Waals surface area contributed by atoms with Gasteiger partial charge in [-0.05, 0) is 75.2 Å². The molecule has 220 valence electrons. The minimum absolute atomic E-state index is 0.00578. The summed E-state index contributed by atoms with van der Waals surface area (Å²) in [6, 6.07) is 16.8. The molecule has 3 aromatic rings. The number of methoxy groups -OCH3 is 1. The number of carbonyl (C=O) groups is 2. The fourth-order valence-corrected chi connectivity index (χ4v) is 5.68. The predicted octanol–water partition coefficient (Wildman–Crippen LogP) is 5.84. The van der Waals surface area contributed by atoms with Gasteiger partial charge in [0.1, 0.15) is 18.3 Å². The number of nitrogens with zero attached hydrogens (tertiary/aromatic N) is 2. The van der Waals surface area contributed by atoms with Crippen LogP contribution >= 0.6 is 23.2 Å². The van der Waals surface area contributed by atoms with Crippen molar-refractivity contribution in [3.63, 3.8) is 0 Å². The zero-order valence-corrected chi connectivity index (χ0v) is 26.1. The van der Waals surface area contributed by atoms with Gasteiger partial charge in [-0.3, -0.25) is 13.9 Å². The van der Waals surface area contributed by atoms with E-state index in [0.717, 1.165) is 15.4 Å². The zero-order valence-electron chi connectivity index (χ0n) is 23.7. The number of sulfonamides is 1. The van der Waals surface area contributed by atoms with Crippen LogP contribution in [0.5, 0.6) is 5.75 Å². The second kappa shape index (κ2) is 14.1. The second-order valence-corrected chi connectivity index (χ2v) is 12.5. The maximum Gasteiger partial charge on any atom is 0.264 e. The first-order valence-corrected chi connectivity index (χ1v) is 15.3. The van der Waals surface area contributed by atoms with Crippen molar-refractivity contribution in [2.24, 2.45) is 0 Å². The van der Waals surface area contributed by atoms with E-state index in [2.05, 4.69) is 5.32 Å². The molecule has 2 amide bonds. The van der Waals surface area contributed by atoms with Crippen LogP contribution in [0.15, 0.2) is 71.6 Å². The number of aryl methyl sites for hydroxylation is 1. The van der Waals surface area contributed by atoms with Gasteiger partial charge in [0, 0.05) is 12.6 Å². The number of amides is 2. The zero-order chi connectivity index (χ0) is 30.3. The van der Waals surface area contributed by atoms with Gasteiger partial charge in [-0.25, -0.2) is 8.42 Å². The van der Waals surface area contributed by atoms with Gasteiger partial charge in [0.25, 0.3) is 10.0 Å². The molecule has 0 aromatic heterocycles. The van der Waals surface area contributed by atoms with Crippen LogP contribution in [0.4, 0.5) is 5.69 Å². The molecule has 8 nitrogen and oxygen atoms in total. The lowest BCUT2D eigenvalue weighted by atomic mass is 10.1. The highest BCUT2D eigenvalue weighted by Crippen LogP contribution is 2.31. The molecule has 0 bridgehead atoms. The SMILES string of the molecule is CC[C@H](C)NC(=O)[C@@H](C)N(Cc1ccc(OC)cc1)C(=O)CN(c1ccc(Cl)c(Cl)c1)S(=O)(=O)c1ccc(C)cc1. The maximum atomic E-state index is 14.0. The van der Waals surface area contributed by atoms with E-state index in [4.69, 9.17) is 27.9 Å². The van der Waals surface area contributed by atoms with Crippen LogP contribution in [0.3, 0.4) is 0 Å². The lowest BCUT2D eigenvalue weighted by molar-refractivity contribution is -0.139. The summed E-state index contributed by atoms with van der Waals surface area (Å²) in [5.74, 6) is -0.276. The summed E-state index contributed by atoms with van der Waals surface area (Å²) in [5.41, 5.74) is 1.78. The van der Waals surface area contributed by atoms with E-state index in [1.165, 1.54) is 35.2 Å². The first-order chi connectivity index (χ1) is 19.4. The minimum Gasteiger partial charge on any atom is -0.497 e.